The van der Waals surface area contributed by atoms with Crippen molar-refractivity contribution >= 4 is 5.82 Å². The molecule has 1 aromatic carbocycles. The fourth-order valence-corrected chi connectivity index (χ4v) is 5.48. The van der Waals surface area contributed by atoms with Gasteiger partial charge >= 0.3 is 0 Å². The lowest BCUT2D eigenvalue weighted by Gasteiger charge is -2.57. The van der Waals surface area contributed by atoms with Crippen molar-refractivity contribution in [2.75, 3.05) is 5.32 Å². The smallest absolute Gasteiger partial charge is 0.161 e. The second-order valence-electron chi connectivity index (χ2n) is 9.76. The number of hydrogen-bond donors (Lipinski definition) is 2. The molecule has 3 N–H and O–H groups in total. The van der Waals surface area contributed by atoms with E-state index in [2.05, 4.69) is 33.7 Å². The SMILES string of the molecule is Cn1cc(-c2cccc(-c3ncc(-c4cnn(C)c4)c(NC4CC5(CC(N)C5)C4)n3)c2)cn1. The molecule has 3 heterocycles. The number of benzene rings is 1. The molecule has 33 heavy (non-hydrogen) atoms. The monoisotopic (exact) mass is 440 g/mol. The Morgan fingerprint density at radius 1 is 0.909 bits per heavy atom. The highest BCUT2D eigenvalue weighted by atomic mass is 15.2. The maximum atomic E-state index is 6.05. The van der Waals surface area contributed by atoms with Gasteiger partial charge in [0.1, 0.15) is 5.82 Å². The molecular formula is C25H28N8. The van der Waals surface area contributed by atoms with Gasteiger partial charge in [-0.1, -0.05) is 18.2 Å². The normalized spacial score (nSPS) is 23.8. The molecule has 4 aromatic rings. The summed E-state index contributed by atoms with van der Waals surface area (Å²) >= 11 is 0. The molecule has 0 amide bonds. The molecule has 2 aliphatic rings. The van der Waals surface area contributed by atoms with Crippen molar-refractivity contribution in [1.82, 2.24) is 29.5 Å². The van der Waals surface area contributed by atoms with E-state index in [-0.39, 0.29) is 0 Å². The van der Waals surface area contributed by atoms with Crippen LogP contribution in [-0.2, 0) is 14.1 Å². The quantitative estimate of drug-likeness (QED) is 0.492. The first kappa shape index (κ1) is 20.1. The average molecular weight is 441 g/mol. The molecular weight excluding hydrogens is 412 g/mol. The number of hydrogen-bond acceptors (Lipinski definition) is 6. The van der Waals surface area contributed by atoms with Crippen molar-refractivity contribution in [3.05, 3.63) is 55.2 Å². The van der Waals surface area contributed by atoms with Gasteiger partial charge in [-0.2, -0.15) is 10.2 Å². The minimum Gasteiger partial charge on any atom is -0.367 e. The molecule has 0 radical (unpaired) electrons. The predicted molar refractivity (Wildman–Crippen MR) is 128 cm³/mol. The standard InChI is InChI=1S/C25H28N8/c1-32-14-18(11-28-32)16-4-3-5-17(6-16)23-27-13-22(19-12-29-33(2)15-19)24(31-23)30-21-9-25(10-21)7-20(26)8-25/h3-6,11-15,20-21H,7-10,26H2,1-2H3,(H,27,30,31). The summed E-state index contributed by atoms with van der Waals surface area (Å²) in [6.07, 6.45) is 14.3. The van der Waals surface area contributed by atoms with Crippen molar-refractivity contribution < 1.29 is 0 Å². The van der Waals surface area contributed by atoms with E-state index in [0.717, 1.165) is 59.3 Å². The molecule has 2 saturated carbocycles. The van der Waals surface area contributed by atoms with Gasteiger partial charge in [-0.05, 0) is 42.7 Å². The summed E-state index contributed by atoms with van der Waals surface area (Å²) < 4.78 is 3.61. The summed E-state index contributed by atoms with van der Waals surface area (Å²) in [7, 11) is 3.85. The minimum absolute atomic E-state index is 0.384. The van der Waals surface area contributed by atoms with Crippen LogP contribution < -0.4 is 11.1 Å². The highest BCUT2D eigenvalue weighted by Gasteiger charge is 2.51. The number of aryl methyl sites for hydroxylation is 2. The fraction of sp³-hybridized carbons (Fsp3) is 0.360. The zero-order valence-electron chi connectivity index (χ0n) is 18.9. The third-order valence-corrected chi connectivity index (χ3v) is 7.05. The molecule has 0 saturated heterocycles. The molecule has 6 rings (SSSR count). The summed E-state index contributed by atoms with van der Waals surface area (Å²) in [5.74, 6) is 1.57. The van der Waals surface area contributed by atoms with Gasteiger partial charge in [-0.25, -0.2) is 9.97 Å². The van der Waals surface area contributed by atoms with E-state index in [1.54, 1.807) is 4.68 Å². The van der Waals surface area contributed by atoms with Gasteiger partial charge in [0.15, 0.2) is 5.82 Å². The Morgan fingerprint density at radius 3 is 2.27 bits per heavy atom. The molecule has 0 unspecified atom stereocenters. The maximum Gasteiger partial charge on any atom is 0.161 e. The minimum atomic E-state index is 0.384. The summed E-state index contributed by atoms with van der Waals surface area (Å²) in [5.41, 5.74) is 11.6. The molecule has 0 aliphatic heterocycles. The van der Waals surface area contributed by atoms with Crippen LogP contribution in [-0.4, -0.2) is 41.6 Å². The summed E-state index contributed by atoms with van der Waals surface area (Å²) in [5, 5.41) is 12.3. The van der Waals surface area contributed by atoms with Crippen LogP contribution in [0.4, 0.5) is 5.82 Å². The van der Waals surface area contributed by atoms with Crippen LogP contribution in [0.25, 0.3) is 33.6 Å². The van der Waals surface area contributed by atoms with Gasteiger partial charge in [0.2, 0.25) is 0 Å². The molecule has 1 spiro atoms. The van der Waals surface area contributed by atoms with E-state index in [9.17, 15) is 0 Å². The maximum absolute atomic E-state index is 6.05. The molecule has 3 aromatic heterocycles. The topological polar surface area (TPSA) is 99.5 Å². The van der Waals surface area contributed by atoms with Crippen LogP contribution in [0, 0.1) is 5.41 Å². The first-order chi connectivity index (χ1) is 16.0. The van der Waals surface area contributed by atoms with Crippen molar-refractivity contribution in [2.45, 2.75) is 37.8 Å². The molecule has 2 aliphatic carbocycles. The Kier molecular flexibility index (Phi) is 4.58. The highest BCUT2D eigenvalue weighted by Crippen LogP contribution is 2.56. The summed E-state index contributed by atoms with van der Waals surface area (Å²) in [6, 6.07) is 9.09. The van der Waals surface area contributed by atoms with Crippen molar-refractivity contribution in [3.8, 4) is 33.6 Å². The van der Waals surface area contributed by atoms with Crippen LogP contribution in [0.2, 0.25) is 0 Å². The summed E-state index contributed by atoms with van der Waals surface area (Å²) in [4.78, 5) is 9.72. The average Bonchev–Trinajstić information content (AvgIpc) is 3.39. The number of rotatable bonds is 5. The zero-order valence-corrected chi connectivity index (χ0v) is 18.9. The third-order valence-electron chi connectivity index (χ3n) is 7.05. The first-order valence-corrected chi connectivity index (χ1v) is 11.4. The van der Waals surface area contributed by atoms with Crippen LogP contribution in [0.5, 0.6) is 0 Å². The van der Waals surface area contributed by atoms with Gasteiger partial charge in [0.25, 0.3) is 0 Å². The van der Waals surface area contributed by atoms with Crippen molar-refractivity contribution in [3.63, 3.8) is 0 Å². The number of nitrogens with one attached hydrogen (secondary N) is 1. The van der Waals surface area contributed by atoms with E-state index in [1.807, 2.05) is 55.8 Å². The number of aromatic nitrogens is 6. The Morgan fingerprint density at radius 2 is 1.61 bits per heavy atom. The van der Waals surface area contributed by atoms with Crippen LogP contribution in [0.3, 0.4) is 0 Å². The second-order valence-corrected chi connectivity index (χ2v) is 9.76. The lowest BCUT2D eigenvalue weighted by molar-refractivity contribution is 0.00112. The van der Waals surface area contributed by atoms with Crippen LogP contribution >= 0.6 is 0 Å². The molecule has 0 atom stereocenters. The van der Waals surface area contributed by atoms with Crippen molar-refractivity contribution in [1.29, 1.82) is 0 Å². The molecule has 8 heteroatoms. The van der Waals surface area contributed by atoms with E-state index in [4.69, 9.17) is 15.7 Å². The highest BCUT2D eigenvalue weighted by molar-refractivity contribution is 5.77. The number of nitrogens with two attached hydrogens (primary N) is 1. The Labute approximate surface area is 192 Å². The van der Waals surface area contributed by atoms with Gasteiger partial charge in [-0.3, -0.25) is 9.36 Å². The van der Waals surface area contributed by atoms with Gasteiger partial charge in [-0.15, -0.1) is 0 Å². The Hall–Kier alpha value is -3.52. The van der Waals surface area contributed by atoms with E-state index in [1.165, 1.54) is 0 Å². The van der Waals surface area contributed by atoms with Gasteiger partial charge in [0, 0.05) is 67.0 Å². The van der Waals surface area contributed by atoms with Crippen LogP contribution in [0.1, 0.15) is 25.7 Å². The lowest BCUT2D eigenvalue weighted by Crippen LogP contribution is -2.57. The second kappa shape index (κ2) is 7.52. The molecule has 8 nitrogen and oxygen atoms in total. The predicted octanol–water partition coefficient (Wildman–Crippen LogP) is 3.63. The Balaban J connectivity index is 1.32. The molecule has 2 fully saturated rings. The zero-order chi connectivity index (χ0) is 22.6. The number of anilines is 1. The van der Waals surface area contributed by atoms with Gasteiger partial charge in [0.05, 0.1) is 12.4 Å². The largest absolute Gasteiger partial charge is 0.367 e. The van der Waals surface area contributed by atoms with E-state index in [0.29, 0.717) is 23.3 Å². The van der Waals surface area contributed by atoms with E-state index < -0.39 is 0 Å². The Bertz CT molecular complexity index is 1310. The van der Waals surface area contributed by atoms with Gasteiger partial charge < -0.3 is 11.1 Å². The third kappa shape index (κ3) is 3.70. The van der Waals surface area contributed by atoms with Crippen LogP contribution in [0.15, 0.2) is 55.2 Å². The number of nitrogens with zero attached hydrogens (tertiary/aromatic N) is 6. The lowest BCUT2D eigenvalue weighted by atomic mass is 9.52. The molecule has 168 valence electrons. The van der Waals surface area contributed by atoms with E-state index >= 15 is 0 Å². The fourth-order valence-electron chi connectivity index (χ4n) is 5.48. The van der Waals surface area contributed by atoms with Crippen molar-refractivity contribution in [2.24, 2.45) is 25.2 Å². The molecule has 0 bridgehead atoms. The first-order valence-electron chi connectivity index (χ1n) is 11.4. The summed E-state index contributed by atoms with van der Waals surface area (Å²) in [6.45, 7) is 0.